The van der Waals surface area contributed by atoms with Crippen LogP contribution in [0.25, 0.3) is 0 Å². The summed E-state index contributed by atoms with van der Waals surface area (Å²) in [5, 5.41) is 21.9. The van der Waals surface area contributed by atoms with E-state index in [1.165, 1.54) is 0 Å². The fraction of sp³-hybridized carbons (Fsp3) is 0.926. The van der Waals surface area contributed by atoms with Gasteiger partial charge in [-0.3, -0.25) is 9.59 Å². The van der Waals surface area contributed by atoms with Crippen LogP contribution in [-0.2, 0) is 38.6 Å². The van der Waals surface area contributed by atoms with Gasteiger partial charge in [0.25, 0.3) is 0 Å². The van der Waals surface area contributed by atoms with E-state index in [1.54, 1.807) is 94.1 Å². The van der Waals surface area contributed by atoms with Crippen LogP contribution in [0.3, 0.4) is 0 Å². The molecule has 47 heavy (non-hydrogen) atoms. The summed E-state index contributed by atoms with van der Waals surface area (Å²) in [5.41, 5.74) is 0. The summed E-state index contributed by atoms with van der Waals surface area (Å²) in [5.74, 6) is 7.20. The Labute approximate surface area is 324 Å². The minimum atomic E-state index is -0.157. The summed E-state index contributed by atoms with van der Waals surface area (Å²) in [4.78, 5) is 44.2. The lowest BCUT2D eigenvalue weighted by molar-refractivity contribution is -0.289. The van der Waals surface area contributed by atoms with E-state index in [4.69, 9.17) is 39.2 Å². The monoisotopic (exact) mass is 856 g/mol. The SMILES string of the molecule is O=C(CCSCSCCCOOCSCSCCO)OCCSCSCCOOCCCSCSCCC(=O)OCSCSCCO. The summed E-state index contributed by atoms with van der Waals surface area (Å²) in [6, 6.07) is 0. The first-order valence-electron chi connectivity index (χ1n) is 15.0. The van der Waals surface area contributed by atoms with Crippen molar-refractivity contribution in [3.8, 4) is 0 Å². The average molecular weight is 857 g/mol. The van der Waals surface area contributed by atoms with Crippen molar-refractivity contribution in [1.82, 2.24) is 0 Å². The number of esters is 2. The quantitative estimate of drug-likeness (QED) is 0.0227. The van der Waals surface area contributed by atoms with Crippen LogP contribution in [0, 0.1) is 0 Å². The third-order valence-corrected chi connectivity index (χ3v) is 15.8. The number of rotatable bonds is 40. The molecule has 0 saturated carbocycles. The Morgan fingerprint density at radius 3 is 1.43 bits per heavy atom. The molecule has 0 rings (SSSR count). The molecule has 0 aromatic rings. The molecule has 0 atom stereocenters. The molecular formula is C27H52O10S10. The number of ether oxygens (including phenoxy) is 2. The minimum Gasteiger partial charge on any atom is -0.465 e. The van der Waals surface area contributed by atoms with E-state index in [2.05, 4.69) is 0 Å². The Bertz CT molecular complexity index is 665. The van der Waals surface area contributed by atoms with E-state index in [0.717, 1.165) is 78.5 Å². The Hall–Kier alpha value is 2.20. The van der Waals surface area contributed by atoms with Crippen molar-refractivity contribution in [2.75, 3.05) is 123 Å². The van der Waals surface area contributed by atoms with Gasteiger partial charge in [0.2, 0.25) is 0 Å². The zero-order valence-electron chi connectivity index (χ0n) is 26.9. The standard InChI is InChI=1S/C27H52O10S10/c28-5-15-42-24-46-19-33-27(31)4-14-41-22-38-11-1-7-34-36-10-18-45-23-44-17-9-32-26(30)3-13-40-21-39-12-2-8-35-37-20-47-25-43-16-6-29/h28-29H,1-25H2. The molecule has 0 fully saturated rings. The molecular weight excluding hydrogens is 805 g/mol. The third kappa shape index (κ3) is 44.3. The smallest absolute Gasteiger partial charge is 0.307 e. The van der Waals surface area contributed by atoms with Gasteiger partial charge in [0.15, 0.2) is 0 Å². The molecule has 0 bridgehead atoms. The van der Waals surface area contributed by atoms with Gasteiger partial charge in [0.05, 0.1) is 45.9 Å². The Balaban J connectivity index is 3.19. The second kappa shape index (κ2) is 44.4. The molecule has 0 aromatic carbocycles. The highest BCUT2D eigenvalue weighted by atomic mass is 32.2. The molecule has 0 amide bonds. The van der Waals surface area contributed by atoms with Gasteiger partial charge in [-0.15, -0.1) is 70.6 Å². The van der Waals surface area contributed by atoms with Crippen molar-refractivity contribution in [3.05, 3.63) is 0 Å². The number of carbonyl (C=O) groups is 2. The molecule has 2 N–H and O–H groups in total. The maximum Gasteiger partial charge on any atom is 0.307 e. The number of hydrogen-bond donors (Lipinski definition) is 2. The zero-order chi connectivity index (χ0) is 34.1. The molecule has 0 unspecified atom stereocenters. The second-order valence-electron chi connectivity index (χ2n) is 8.47. The molecule has 0 aliphatic carbocycles. The van der Waals surface area contributed by atoms with Gasteiger partial charge in [-0.25, -0.2) is 19.6 Å². The van der Waals surface area contributed by atoms with Crippen LogP contribution >= 0.6 is 118 Å². The lowest BCUT2D eigenvalue weighted by Crippen LogP contribution is -2.08. The van der Waals surface area contributed by atoms with E-state index in [0.29, 0.717) is 56.9 Å². The van der Waals surface area contributed by atoms with Gasteiger partial charge >= 0.3 is 11.9 Å². The maximum absolute atomic E-state index is 11.9. The van der Waals surface area contributed by atoms with Crippen molar-refractivity contribution in [1.29, 1.82) is 0 Å². The first-order valence-corrected chi connectivity index (χ1v) is 26.5. The fourth-order valence-corrected chi connectivity index (χ4v) is 11.5. The largest absolute Gasteiger partial charge is 0.465 e. The number of thioether (sulfide) groups is 10. The van der Waals surface area contributed by atoms with Crippen molar-refractivity contribution in [2.24, 2.45) is 0 Å². The van der Waals surface area contributed by atoms with Crippen molar-refractivity contribution in [3.63, 3.8) is 0 Å². The number of hydrogen-bond acceptors (Lipinski definition) is 20. The summed E-state index contributed by atoms with van der Waals surface area (Å²) in [7, 11) is 0. The van der Waals surface area contributed by atoms with Gasteiger partial charge in [-0.2, -0.15) is 47.0 Å². The zero-order valence-corrected chi connectivity index (χ0v) is 35.1. The van der Waals surface area contributed by atoms with Crippen LogP contribution in [-0.4, -0.2) is 145 Å². The maximum atomic E-state index is 11.9. The van der Waals surface area contributed by atoms with E-state index in [1.807, 2.05) is 23.5 Å². The lowest BCUT2D eigenvalue weighted by atomic mass is 10.5. The van der Waals surface area contributed by atoms with E-state index in [-0.39, 0.29) is 25.2 Å². The molecule has 0 aromatic heterocycles. The van der Waals surface area contributed by atoms with Crippen molar-refractivity contribution in [2.45, 2.75) is 25.7 Å². The van der Waals surface area contributed by atoms with Crippen LogP contribution in [0.15, 0.2) is 0 Å². The van der Waals surface area contributed by atoms with E-state index < -0.39 is 0 Å². The Morgan fingerprint density at radius 2 is 0.830 bits per heavy atom. The average Bonchev–Trinajstić information content (AvgIpc) is 3.07. The Kier molecular flexibility index (Phi) is 46.4. The number of aliphatic hydroxyl groups excluding tert-OH is 2. The molecule has 0 aliphatic rings. The Morgan fingerprint density at radius 1 is 0.404 bits per heavy atom. The van der Waals surface area contributed by atoms with Crippen LogP contribution in [0.2, 0.25) is 0 Å². The number of carbonyl (C=O) groups excluding carboxylic acids is 2. The van der Waals surface area contributed by atoms with E-state index in [9.17, 15) is 9.59 Å². The van der Waals surface area contributed by atoms with Gasteiger partial charge in [-0.1, -0.05) is 0 Å². The van der Waals surface area contributed by atoms with E-state index >= 15 is 0 Å². The first kappa shape index (κ1) is 49.2. The number of aliphatic hydroxyl groups is 2. The van der Waals surface area contributed by atoms with Crippen LogP contribution in [0.1, 0.15) is 25.7 Å². The summed E-state index contributed by atoms with van der Waals surface area (Å²) >= 11 is 17.1. The highest BCUT2D eigenvalue weighted by Gasteiger charge is 2.04. The summed E-state index contributed by atoms with van der Waals surface area (Å²) in [6.07, 6.45) is 2.71. The van der Waals surface area contributed by atoms with Gasteiger partial charge in [0.1, 0.15) is 18.5 Å². The first-order chi connectivity index (χ1) is 23.2. The van der Waals surface area contributed by atoms with Gasteiger partial charge in [-0.05, 0) is 24.3 Å². The summed E-state index contributed by atoms with van der Waals surface area (Å²) < 4.78 is 10.5. The van der Waals surface area contributed by atoms with Gasteiger partial charge in [0, 0.05) is 59.9 Å². The highest BCUT2D eigenvalue weighted by Crippen LogP contribution is 2.17. The van der Waals surface area contributed by atoms with Crippen LogP contribution < -0.4 is 0 Å². The molecule has 280 valence electrons. The predicted molar refractivity (Wildman–Crippen MR) is 218 cm³/mol. The van der Waals surface area contributed by atoms with Crippen LogP contribution in [0.5, 0.6) is 0 Å². The topological polar surface area (TPSA) is 130 Å². The lowest BCUT2D eigenvalue weighted by Gasteiger charge is -2.06. The molecule has 0 heterocycles. The van der Waals surface area contributed by atoms with Gasteiger partial charge < -0.3 is 19.7 Å². The minimum absolute atomic E-state index is 0.134. The molecule has 0 radical (unpaired) electrons. The molecule has 20 heteroatoms. The molecule has 10 nitrogen and oxygen atoms in total. The normalized spacial score (nSPS) is 11.3. The fourth-order valence-electron chi connectivity index (χ4n) is 2.52. The van der Waals surface area contributed by atoms with Crippen LogP contribution in [0.4, 0.5) is 0 Å². The summed E-state index contributed by atoms with van der Waals surface area (Å²) in [6.45, 7) is 2.52. The molecule has 0 aliphatic heterocycles. The third-order valence-electron chi connectivity index (χ3n) is 4.64. The van der Waals surface area contributed by atoms with Crippen molar-refractivity contribution >= 4 is 130 Å². The second-order valence-corrected chi connectivity index (χ2v) is 21.0. The molecule has 0 spiro atoms. The highest BCUT2D eigenvalue weighted by molar-refractivity contribution is 8.17. The van der Waals surface area contributed by atoms with Crippen molar-refractivity contribution < 1.29 is 48.8 Å². The predicted octanol–water partition coefficient (Wildman–Crippen LogP) is 6.55. The molecule has 0 saturated heterocycles.